The van der Waals surface area contributed by atoms with Gasteiger partial charge in [-0.25, -0.2) is 18.7 Å². The van der Waals surface area contributed by atoms with E-state index in [-0.39, 0.29) is 29.2 Å². The SMILES string of the molecule is CCC(=O)N1CCC(CCCC(=O)N2CCN(c3nc(-c4cnc(N)nc4C(F)F)nc(N4CCOCC4)n3)CC2)CC1. The number of aromatic nitrogens is 5. The summed E-state index contributed by atoms with van der Waals surface area (Å²) in [4.78, 5) is 54.0. The lowest BCUT2D eigenvalue weighted by molar-refractivity contribution is -0.132. The summed E-state index contributed by atoms with van der Waals surface area (Å²) >= 11 is 0. The van der Waals surface area contributed by atoms with Crippen LogP contribution in [0.2, 0.25) is 0 Å². The second kappa shape index (κ2) is 14.1. The van der Waals surface area contributed by atoms with Crippen LogP contribution in [0.5, 0.6) is 0 Å². The van der Waals surface area contributed by atoms with Gasteiger partial charge in [-0.15, -0.1) is 0 Å². The molecule has 13 nitrogen and oxygen atoms in total. The molecule has 0 bridgehead atoms. The highest BCUT2D eigenvalue weighted by atomic mass is 19.3. The van der Waals surface area contributed by atoms with Crippen LogP contribution in [-0.4, -0.2) is 112 Å². The molecule has 3 saturated heterocycles. The molecule has 5 heterocycles. The minimum absolute atomic E-state index is 0.00110. The first-order chi connectivity index (χ1) is 20.8. The molecule has 0 atom stereocenters. The average molecular weight is 603 g/mol. The molecule has 5 rings (SSSR count). The Bertz CT molecular complexity index is 1260. The average Bonchev–Trinajstić information content (AvgIpc) is 3.04. The fourth-order valence-electron chi connectivity index (χ4n) is 5.82. The van der Waals surface area contributed by atoms with Crippen molar-refractivity contribution in [3.8, 4) is 11.4 Å². The van der Waals surface area contributed by atoms with Crippen molar-refractivity contribution in [1.82, 2.24) is 34.7 Å². The van der Waals surface area contributed by atoms with Crippen molar-refractivity contribution < 1.29 is 23.1 Å². The van der Waals surface area contributed by atoms with Crippen LogP contribution in [-0.2, 0) is 14.3 Å². The van der Waals surface area contributed by atoms with Gasteiger partial charge in [0.05, 0.1) is 18.8 Å². The number of piperidine rings is 1. The summed E-state index contributed by atoms with van der Waals surface area (Å²) in [5, 5.41) is 0. The summed E-state index contributed by atoms with van der Waals surface area (Å²) in [5.74, 6) is 1.41. The number of anilines is 3. The number of hydrogen-bond acceptors (Lipinski definition) is 11. The van der Waals surface area contributed by atoms with E-state index < -0.39 is 12.1 Å². The minimum atomic E-state index is -2.89. The van der Waals surface area contributed by atoms with Crippen molar-refractivity contribution >= 4 is 29.7 Å². The molecule has 43 heavy (non-hydrogen) atoms. The smallest absolute Gasteiger partial charge is 0.281 e. The van der Waals surface area contributed by atoms with Crippen LogP contribution in [0, 0.1) is 5.92 Å². The van der Waals surface area contributed by atoms with Gasteiger partial charge in [-0.3, -0.25) is 9.59 Å². The molecule has 0 unspecified atom stereocenters. The number of nitrogens with two attached hydrogens (primary N) is 1. The van der Waals surface area contributed by atoms with Crippen LogP contribution in [0.4, 0.5) is 26.6 Å². The number of ether oxygens (including phenoxy) is 1. The molecule has 0 saturated carbocycles. The number of nitrogen functional groups attached to an aromatic ring is 1. The molecular weight excluding hydrogens is 562 g/mol. The Labute approximate surface area is 249 Å². The zero-order chi connectivity index (χ0) is 30.3. The Kier molecular flexibility index (Phi) is 10.1. The molecule has 2 amide bonds. The van der Waals surface area contributed by atoms with E-state index in [4.69, 9.17) is 10.5 Å². The van der Waals surface area contributed by atoms with Crippen molar-refractivity contribution in [2.75, 3.05) is 81.1 Å². The lowest BCUT2D eigenvalue weighted by Gasteiger charge is -2.35. The van der Waals surface area contributed by atoms with Gasteiger partial charge in [0.1, 0.15) is 5.69 Å². The van der Waals surface area contributed by atoms with E-state index in [0.29, 0.717) is 83.1 Å². The second-order valence-corrected chi connectivity index (χ2v) is 11.1. The van der Waals surface area contributed by atoms with E-state index in [1.807, 2.05) is 26.5 Å². The standard InChI is InChI=1S/C28H40F2N10O3/c1-2-21(41)37-8-6-19(7-9-37)4-3-5-22(42)38-10-12-39(13-11-38)27-34-25(20-18-32-26(31)33-23(20)24(29)30)35-28(36-27)40-14-16-43-17-15-40/h18-19,24H,2-17H2,1H3,(H2,31,32,33). The molecule has 0 aromatic carbocycles. The maximum absolute atomic E-state index is 13.9. The summed E-state index contributed by atoms with van der Waals surface area (Å²) in [7, 11) is 0. The predicted octanol–water partition coefficient (Wildman–Crippen LogP) is 2.15. The van der Waals surface area contributed by atoms with Crippen LogP contribution in [0.15, 0.2) is 6.20 Å². The topological polar surface area (TPSA) is 147 Å². The molecule has 2 N–H and O–H groups in total. The zero-order valence-corrected chi connectivity index (χ0v) is 24.6. The van der Waals surface area contributed by atoms with Crippen LogP contribution in [0.1, 0.15) is 57.6 Å². The summed E-state index contributed by atoms with van der Waals surface area (Å²) in [6.45, 7) is 7.67. The van der Waals surface area contributed by atoms with Gasteiger partial charge in [0.2, 0.25) is 29.7 Å². The minimum Gasteiger partial charge on any atom is -0.378 e. The number of amides is 2. The van der Waals surface area contributed by atoms with Gasteiger partial charge in [0.25, 0.3) is 6.43 Å². The van der Waals surface area contributed by atoms with Gasteiger partial charge >= 0.3 is 0 Å². The number of carbonyl (C=O) groups excluding carboxylic acids is 2. The Morgan fingerprint density at radius 1 is 0.907 bits per heavy atom. The van der Waals surface area contributed by atoms with Crippen LogP contribution >= 0.6 is 0 Å². The van der Waals surface area contributed by atoms with E-state index in [1.165, 1.54) is 6.20 Å². The Balaban J connectivity index is 1.21. The first-order valence-electron chi connectivity index (χ1n) is 15.1. The number of hydrogen-bond donors (Lipinski definition) is 1. The molecule has 3 fully saturated rings. The number of alkyl halides is 2. The van der Waals surface area contributed by atoms with Gasteiger partial charge in [-0.05, 0) is 31.6 Å². The van der Waals surface area contributed by atoms with E-state index in [2.05, 4.69) is 24.9 Å². The molecule has 2 aromatic rings. The third kappa shape index (κ3) is 7.61. The van der Waals surface area contributed by atoms with E-state index in [9.17, 15) is 18.4 Å². The highest BCUT2D eigenvalue weighted by Crippen LogP contribution is 2.30. The maximum atomic E-state index is 13.9. The first-order valence-corrected chi connectivity index (χ1v) is 15.1. The fraction of sp³-hybridized carbons (Fsp3) is 0.679. The number of nitrogens with zero attached hydrogens (tertiary/aromatic N) is 9. The highest BCUT2D eigenvalue weighted by Gasteiger charge is 2.28. The number of morpholine rings is 1. The number of halogens is 2. The molecule has 0 spiro atoms. The summed E-state index contributed by atoms with van der Waals surface area (Å²) in [5.41, 5.74) is 5.04. The van der Waals surface area contributed by atoms with Gasteiger partial charge in [0.15, 0.2) is 5.82 Å². The van der Waals surface area contributed by atoms with Crippen molar-refractivity contribution in [2.24, 2.45) is 5.92 Å². The van der Waals surface area contributed by atoms with E-state index in [1.54, 1.807) is 0 Å². The number of likely N-dealkylation sites (tertiary alicyclic amines) is 1. The molecule has 0 radical (unpaired) electrons. The largest absolute Gasteiger partial charge is 0.378 e. The predicted molar refractivity (Wildman–Crippen MR) is 155 cm³/mol. The quantitative estimate of drug-likeness (QED) is 0.450. The van der Waals surface area contributed by atoms with Gasteiger partial charge in [-0.1, -0.05) is 6.92 Å². The molecule has 234 valence electrons. The molecular formula is C28H40F2N10O3. The number of rotatable bonds is 9. The van der Waals surface area contributed by atoms with Gasteiger partial charge in [0, 0.05) is 71.4 Å². The zero-order valence-electron chi connectivity index (χ0n) is 24.6. The fourth-order valence-corrected chi connectivity index (χ4v) is 5.82. The second-order valence-electron chi connectivity index (χ2n) is 11.1. The van der Waals surface area contributed by atoms with Crippen molar-refractivity contribution in [1.29, 1.82) is 0 Å². The molecule has 3 aliphatic heterocycles. The van der Waals surface area contributed by atoms with E-state index >= 15 is 0 Å². The molecule has 15 heteroatoms. The van der Waals surface area contributed by atoms with Crippen molar-refractivity contribution in [2.45, 2.75) is 51.9 Å². The van der Waals surface area contributed by atoms with Gasteiger partial charge in [-0.2, -0.15) is 15.0 Å². The summed E-state index contributed by atoms with van der Waals surface area (Å²) < 4.78 is 33.2. The maximum Gasteiger partial charge on any atom is 0.281 e. The van der Waals surface area contributed by atoms with E-state index in [0.717, 1.165) is 38.8 Å². The van der Waals surface area contributed by atoms with Crippen LogP contribution < -0.4 is 15.5 Å². The Hall–Kier alpha value is -3.75. The lowest BCUT2D eigenvalue weighted by Crippen LogP contribution is -2.49. The summed E-state index contributed by atoms with van der Waals surface area (Å²) in [6.07, 6.45) is 3.21. The van der Waals surface area contributed by atoms with Gasteiger partial charge < -0.3 is 30.1 Å². The first kappa shape index (κ1) is 30.7. The van der Waals surface area contributed by atoms with Crippen LogP contribution in [0.25, 0.3) is 11.4 Å². The molecule has 0 aliphatic carbocycles. The monoisotopic (exact) mass is 602 g/mol. The Morgan fingerprint density at radius 2 is 1.53 bits per heavy atom. The van der Waals surface area contributed by atoms with Crippen LogP contribution in [0.3, 0.4) is 0 Å². The summed E-state index contributed by atoms with van der Waals surface area (Å²) in [6, 6.07) is 0. The normalized spacial score (nSPS) is 18.4. The van der Waals surface area contributed by atoms with Crippen molar-refractivity contribution in [3.05, 3.63) is 11.9 Å². The van der Waals surface area contributed by atoms with Crippen molar-refractivity contribution in [3.63, 3.8) is 0 Å². The molecule has 3 aliphatic rings. The number of carbonyl (C=O) groups is 2. The Morgan fingerprint density at radius 3 is 2.16 bits per heavy atom. The lowest BCUT2D eigenvalue weighted by atomic mass is 9.91. The molecule has 2 aromatic heterocycles. The third-order valence-electron chi connectivity index (χ3n) is 8.38. The highest BCUT2D eigenvalue weighted by molar-refractivity contribution is 5.76. The third-order valence-corrected chi connectivity index (χ3v) is 8.38. The number of piperazine rings is 1.